The molecular weight excluding hydrogens is 226 g/mol. The number of pyridine rings is 2. The lowest BCUT2D eigenvalue weighted by Crippen LogP contribution is -1.91. The van der Waals surface area contributed by atoms with Gasteiger partial charge in [0.05, 0.1) is 5.02 Å². The van der Waals surface area contributed by atoms with Gasteiger partial charge in [-0.05, 0) is 12.1 Å². The van der Waals surface area contributed by atoms with Gasteiger partial charge in [0.2, 0.25) is 11.8 Å². The van der Waals surface area contributed by atoms with Crippen LogP contribution in [0.3, 0.4) is 0 Å². The fourth-order valence-corrected chi connectivity index (χ4v) is 1.18. The van der Waals surface area contributed by atoms with Crippen molar-refractivity contribution < 1.29 is 4.74 Å². The molecule has 0 fully saturated rings. The van der Waals surface area contributed by atoms with Crippen LogP contribution in [-0.4, -0.2) is 9.97 Å². The number of nitrogens with zero attached hydrogens (tertiary/aromatic N) is 3. The van der Waals surface area contributed by atoms with Crippen molar-refractivity contribution in [3.63, 3.8) is 0 Å². The van der Waals surface area contributed by atoms with Gasteiger partial charge >= 0.3 is 0 Å². The Morgan fingerprint density at radius 1 is 1.19 bits per heavy atom. The summed E-state index contributed by atoms with van der Waals surface area (Å²) in [6.45, 7) is 0. The summed E-state index contributed by atoms with van der Waals surface area (Å²) in [4.78, 5) is 7.90. The summed E-state index contributed by atoms with van der Waals surface area (Å²) in [7, 11) is 0. The van der Waals surface area contributed by atoms with Crippen molar-refractivity contribution >= 4 is 11.6 Å². The fourth-order valence-electron chi connectivity index (χ4n) is 1.06. The van der Waals surface area contributed by atoms with Gasteiger partial charge in [0.25, 0.3) is 0 Å². The Hall–Kier alpha value is -2.12. The van der Waals surface area contributed by atoms with Crippen molar-refractivity contribution in [2.45, 2.75) is 0 Å². The maximum absolute atomic E-state index is 8.66. The smallest absolute Gasteiger partial charge is 0.222 e. The van der Waals surface area contributed by atoms with Crippen LogP contribution in [0.1, 0.15) is 5.69 Å². The van der Waals surface area contributed by atoms with E-state index < -0.39 is 0 Å². The maximum Gasteiger partial charge on any atom is 0.222 e. The van der Waals surface area contributed by atoms with Gasteiger partial charge in [0.1, 0.15) is 11.8 Å². The SMILES string of the molecule is N#Cc1cccc(Oc2ccc(Cl)cn2)n1. The summed E-state index contributed by atoms with van der Waals surface area (Å²) in [6.07, 6.45) is 1.48. The Kier molecular flexibility index (Phi) is 2.99. The van der Waals surface area contributed by atoms with Gasteiger partial charge in [0.15, 0.2) is 0 Å². The van der Waals surface area contributed by atoms with Crippen molar-refractivity contribution in [2.24, 2.45) is 0 Å². The van der Waals surface area contributed by atoms with E-state index in [2.05, 4.69) is 9.97 Å². The van der Waals surface area contributed by atoms with Crippen LogP contribution in [0.15, 0.2) is 36.5 Å². The summed E-state index contributed by atoms with van der Waals surface area (Å²) < 4.78 is 5.34. The highest BCUT2D eigenvalue weighted by Gasteiger charge is 2.00. The molecule has 0 spiro atoms. The van der Waals surface area contributed by atoms with Gasteiger partial charge in [-0.1, -0.05) is 17.7 Å². The molecule has 0 saturated carbocycles. The quantitative estimate of drug-likeness (QED) is 0.797. The zero-order valence-corrected chi connectivity index (χ0v) is 8.85. The number of aromatic nitrogens is 2. The molecule has 0 aliphatic rings. The molecule has 0 atom stereocenters. The first-order chi connectivity index (χ1) is 7.78. The number of nitriles is 1. The summed E-state index contributed by atoms with van der Waals surface area (Å²) >= 11 is 5.69. The van der Waals surface area contributed by atoms with E-state index in [9.17, 15) is 0 Å². The lowest BCUT2D eigenvalue weighted by atomic mass is 10.4. The first-order valence-electron chi connectivity index (χ1n) is 4.44. The molecule has 0 unspecified atom stereocenters. The van der Waals surface area contributed by atoms with Gasteiger partial charge in [-0.15, -0.1) is 0 Å². The normalized spacial score (nSPS) is 9.50. The second kappa shape index (κ2) is 4.60. The Morgan fingerprint density at radius 3 is 2.75 bits per heavy atom. The maximum atomic E-state index is 8.66. The third-order valence-corrected chi connectivity index (χ3v) is 1.97. The largest absolute Gasteiger partial charge is 0.421 e. The summed E-state index contributed by atoms with van der Waals surface area (Å²) in [5.74, 6) is 0.709. The molecule has 0 aromatic carbocycles. The minimum atomic E-state index is 0.298. The average molecular weight is 232 g/mol. The minimum Gasteiger partial charge on any atom is -0.421 e. The Bertz CT molecular complexity index is 534. The highest BCUT2D eigenvalue weighted by Crippen LogP contribution is 2.18. The van der Waals surface area contributed by atoms with E-state index in [0.29, 0.717) is 22.5 Å². The predicted octanol–water partition coefficient (Wildman–Crippen LogP) is 2.79. The van der Waals surface area contributed by atoms with Crippen LogP contribution < -0.4 is 4.74 Å². The third-order valence-electron chi connectivity index (χ3n) is 1.75. The monoisotopic (exact) mass is 231 g/mol. The van der Waals surface area contributed by atoms with Crippen LogP contribution in [-0.2, 0) is 0 Å². The van der Waals surface area contributed by atoms with Gasteiger partial charge in [-0.25, -0.2) is 9.97 Å². The van der Waals surface area contributed by atoms with Crippen molar-refractivity contribution in [1.82, 2.24) is 9.97 Å². The molecule has 0 saturated heterocycles. The van der Waals surface area contributed by atoms with Crippen molar-refractivity contribution in [2.75, 3.05) is 0 Å². The van der Waals surface area contributed by atoms with Gasteiger partial charge in [-0.3, -0.25) is 0 Å². The van der Waals surface area contributed by atoms with Crippen molar-refractivity contribution in [3.05, 3.63) is 47.2 Å². The third kappa shape index (κ3) is 2.47. The molecule has 2 heterocycles. The molecule has 0 aliphatic carbocycles. The molecule has 2 aromatic rings. The second-order valence-corrected chi connectivity index (χ2v) is 3.33. The lowest BCUT2D eigenvalue weighted by molar-refractivity contribution is 0.444. The van der Waals surface area contributed by atoms with Crippen LogP contribution in [0.25, 0.3) is 0 Å². The van der Waals surface area contributed by atoms with E-state index in [1.54, 1.807) is 30.3 Å². The lowest BCUT2D eigenvalue weighted by Gasteiger charge is -2.02. The Balaban J connectivity index is 2.21. The summed E-state index contributed by atoms with van der Waals surface area (Å²) in [6, 6.07) is 10.2. The topological polar surface area (TPSA) is 58.8 Å². The summed E-state index contributed by atoms with van der Waals surface area (Å²) in [5.41, 5.74) is 0.298. The van der Waals surface area contributed by atoms with Gasteiger partial charge < -0.3 is 4.74 Å². The van der Waals surface area contributed by atoms with Crippen molar-refractivity contribution in [3.8, 4) is 17.8 Å². The van der Waals surface area contributed by atoms with E-state index in [0.717, 1.165) is 0 Å². The molecule has 0 radical (unpaired) electrons. The molecular formula is C11H6ClN3O. The van der Waals surface area contributed by atoms with Gasteiger partial charge in [-0.2, -0.15) is 5.26 Å². The van der Waals surface area contributed by atoms with E-state index in [1.807, 2.05) is 6.07 Å². The number of halogens is 1. The van der Waals surface area contributed by atoms with E-state index in [4.69, 9.17) is 21.6 Å². The van der Waals surface area contributed by atoms with Crippen LogP contribution in [0, 0.1) is 11.3 Å². The van der Waals surface area contributed by atoms with E-state index >= 15 is 0 Å². The highest BCUT2D eigenvalue weighted by atomic mass is 35.5. The predicted molar refractivity (Wildman–Crippen MR) is 58.3 cm³/mol. The molecule has 16 heavy (non-hydrogen) atoms. The van der Waals surface area contributed by atoms with Crippen LogP contribution in [0.2, 0.25) is 5.02 Å². The molecule has 0 bridgehead atoms. The second-order valence-electron chi connectivity index (χ2n) is 2.89. The van der Waals surface area contributed by atoms with Crippen LogP contribution in [0.4, 0.5) is 0 Å². The first-order valence-corrected chi connectivity index (χ1v) is 4.82. The number of hydrogen-bond donors (Lipinski definition) is 0. The molecule has 0 aliphatic heterocycles. The fraction of sp³-hybridized carbons (Fsp3) is 0. The molecule has 5 heteroatoms. The molecule has 2 aromatic heterocycles. The standard InChI is InChI=1S/C11H6ClN3O/c12-8-4-5-10(14-7-8)16-11-3-1-2-9(6-13)15-11/h1-5,7H. The Morgan fingerprint density at radius 2 is 2.06 bits per heavy atom. The number of hydrogen-bond acceptors (Lipinski definition) is 4. The highest BCUT2D eigenvalue weighted by molar-refractivity contribution is 6.30. The summed E-state index contributed by atoms with van der Waals surface area (Å²) in [5, 5.41) is 9.20. The number of rotatable bonds is 2. The number of ether oxygens (including phenoxy) is 1. The van der Waals surface area contributed by atoms with E-state index in [-0.39, 0.29) is 0 Å². The van der Waals surface area contributed by atoms with Crippen molar-refractivity contribution in [1.29, 1.82) is 5.26 Å². The zero-order chi connectivity index (χ0) is 11.4. The minimum absolute atomic E-state index is 0.298. The molecule has 2 rings (SSSR count). The van der Waals surface area contributed by atoms with Crippen LogP contribution >= 0.6 is 11.6 Å². The Labute approximate surface area is 97.1 Å². The molecule has 4 nitrogen and oxygen atoms in total. The molecule has 78 valence electrons. The zero-order valence-electron chi connectivity index (χ0n) is 8.09. The van der Waals surface area contributed by atoms with Crippen LogP contribution in [0.5, 0.6) is 11.8 Å². The van der Waals surface area contributed by atoms with Gasteiger partial charge in [0, 0.05) is 18.3 Å². The molecule has 0 amide bonds. The molecule has 0 N–H and O–H groups in total. The van der Waals surface area contributed by atoms with E-state index in [1.165, 1.54) is 6.20 Å². The average Bonchev–Trinajstić information content (AvgIpc) is 2.32. The first kappa shape index (κ1) is 10.4.